The van der Waals surface area contributed by atoms with Crippen molar-refractivity contribution in [1.29, 1.82) is 0 Å². The summed E-state index contributed by atoms with van der Waals surface area (Å²) in [6.07, 6.45) is -4.42. The Bertz CT molecular complexity index is 630. The number of pyridine rings is 1. The number of rotatable bonds is 1. The van der Waals surface area contributed by atoms with Gasteiger partial charge in [-0.05, 0) is 23.3 Å². The maximum absolute atomic E-state index is 12.8. The Labute approximate surface area is 118 Å². The van der Waals surface area contributed by atoms with Gasteiger partial charge in [-0.1, -0.05) is 35.9 Å². The van der Waals surface area contributed by atoms with Crippen LogP contribution in [0.5, 0.6) is 0 Å². The quantitative estimate of drug-likeness (QED) is 0.731. The number of alkyl halides is 3. The lowest BCUT2D eigenvalue weighted by molar-refractivity contribution is -0.137. The van der Waals surface area contributed by atoms with E-state index < -0.39 is 11.7 Å². The summed E-state index contributed by atoms with van der Waals surface area (Å²) in [7, 11) is 0. The third-order valence-electron chi connectivity index (χ3n) is 3.27. The fraction of sp³-hybridized carbons (Fsp3) is 0.214. The normalized spacial score (nSPS) is 14.5. The minimum atomic E-state index is -4.42. The van der Waals surface area contributed by atoms with Gasteiger partial charge < -0.3 is 4.90 Å². The standard InChI is InChI=1S/C14H10ClF3N2/c15-12-5-11(14(16,17)18)6-13(19-12)20-7-9-3-1-2-4-10(9)8-20/h1-6H,7-8H2. The number of anilines is 1. The summed E-state index contributed by atoms with van der Waals surface area (Å²) < 4.78 is 38.4. The average molecular weight is 299 g/mol. The van der Waals surface area contributed by atoms with Gasteiger partial charge in [0.05, 0.1) is 5.56 Å². The van der Waals surface area contributed by atoms with Crippen LogP contribution in [-0.2, 0) is 19.3 Å². The lowest BCUT2D eigenvalue weighted by Crippen LogP contribution is -2.17. The maximum Gasteiger partial charge on any atom is 0.416 e. The molecule has 2 nitrogen and oxygen atoms in total. The van der Waals surface area contributed by atoms with Crippen LogP contribution in [0.1, 0.15) is 16.7 Å². The Morgan fingerprint density at radius 2 is 1.65 bits per heavy atom. The van der Waals surface area contributed by atoms with Crippen LogP contribution in [0.4, 0.5) is 19.0 Å². The number of hydrogen-bond acceptors (Lipinski definition) is 2. The Hall–Kier alpha value is -1.75. The van der Waals surface area contributed by atoms with E-state index in [9.17, 15) is 13.2 Å². The van der Waals surface area contributed by atoms with E-state index in [4.69, 9.17) is 11.6 Å². The van der Waals surface area contributed by atoms with Crippen LogP contribution in [0.2, 0.25) is 5.15 Å². The number of hydrogen-bond donors (Lipinski definition) is 0. The topological polar surface area (TPSA) is 16.1 Å². The molecular weight excluding hydrogens is 289 g/mol. The van der Waals surface area contributed by atoms with E-state index >= 15 is 0 Å². The highest BCUT2D eigenvalue weighted by molar-refractivity contribution is 6.29. The smallest absolute Gasteiger partial charge is 0.348 e. The van der Waals surface area contributed by atoms with Crippen molar-refractivity contribution < 1.29 is 13.2 Å². The summed E-state index contributed by atoms with van der Waals surface area (Å²) >= 11 is 5.71. The Morgan fingerprint density at radius 3 is 2.20 bits per heavy atom. The largest absolute Gasteiger partial charge is 0.416 e. The molecule has 1 aromatic heterocycles. The summed E-state index contributed by atoms with van der Waals surface area (Å²) in [5, 5.41) is -0.147. The van der Waals surface area contributed by atoms with Crippen molar-refractivity contribution in [3.8, 4) is 0 Å². The monoisotopic (exact) mass is 298 g/mol. The first-order valence-electron chi connectivity index (χ1n) is 6.00. The zero-order valence-corrected chi connectivity index (χ0v) is 11.0. The van der Waals surface area contributed by atoms with Crippen LogP contribution in [-0.4, -0.2) is 4.98 Å². The molecule has 0 unspecified atom stereocenters. The molecule has 0 spiro atoms. The summed E-state index contributed by atoms with van der Waals surface area (Å²) in [4.78, 5) is 5.79. The van der Waals surface area contributed by atoms with Crippen LogP contribution in [0.3, 0.4) is 0 Å². The van der Waals surface area contributed by atoms with Crippen LogP contribution in [0, 0.1) is 0 Å². The molecule has 2 heterocycles. The Morgan fingerprint density at radius 1 is 1.05 bits per heavy atom. The zero-order chi connectivity index (χ0) is 14.3. The minimum Gasteiger partial charge on any atom is -0.348 e. The third kappa shape index (κ3) is 2.45. The molecule has 0 fully saturated rings. The first-order valence-corrected chi connectivity index (χ1v) is 6.38. The molecule has 6 heteroatoms. The molecule has 0 N–H and O–H groups in total. The molecule has 3 rings (SSSR count). The Balaban J connectivity index is 1.95. The van der Waals surface area contributed by atoms with Crippen molar-refractivity contribution in [2.24, 2.45) is 0 Å². The molecule has 0 saturated heterocycles. The molecule has 0 aliphatic carbocycles. The molecule has 20 heavy (non-hydrogen) atoms. The molecular formula is C14H10ClF3N2. The van der Waals surface area contributed by atoms with E-state index in [1.807, 2.05) is 24.3 Å². The lowest BCUT2D eigenvalue weighted by Gasteiger charge is -2.18. The molecule has 0 atom stereocenters. The number of benzene rings is 1. The maximum atomic E-state index is 12.8. The van der Waals surface area contributed by atoms with Gasteiger partial charge in [0.1, 0.15) is 11.0 Å². The predicted octanol–water partition coefficient (Wildman–Crippen LogP) is 4.27. The van der Waals surface area contributed by atoms with Crippen molar-refractivity contribution in [3.05, 3.63) is 58.2 Å². The van der Waals surface area contributed by atoms with Gasteiger partial charge in [-0.25, -0.2) is 4.98 Å². The lowest BCUT2D eigenvalue weighted by atomic mass is 10.1. The number of aromatic nitrogens is 1. The van der Waals surface area contributed by atoms with Gasteiger partial charge in [-0.2, -0.15) is 13.2 Å². The molecule has 0 saturated carbocycles. The SMILES string of the molecule is FC(F)(F)c1cc(Cl)nc(N2Cc3ccccc3C2)c1. The van der Waals surface area contributed by atoms with E-state index in [-0.39, 0.29) is 11.0 Å². The highest BCUT2D eigenvalue weighted by Gasteiger charge is 2.32. The van der Waals surface area contributed by atoms with E-state index in [1.165, 1.54) is 0 Å². The van der Waals surface area contributed by atoms with Gasteiger partial charge in [0, 0.05) is 13.1 Å². The van der Waals surface area contributed by atoms with Crippen molar-refractivity contribution in [3.63, 3.8) is 0 Å². The summed E-state index contributed by atoms with van der Waals surface area (Å²) in [6.45, 7) is 1.08. The number of halogens is 4. The van der Waals surface area contributed by atoms with E-state index in [1.54, 1.807) is 4.90 Å². The van der Waals surface area contributed by atoms with Crippen molar-refractivity contribution in [2.45, 2.75) is 19.3 Å². The van der Waals surface area contributed by atoms with Crippen LogP contribution < -0.4 is 4.90 Å². The molecule has 2 aromatic rings. The van der Waals surface area contributed by atoms with Gasteiger partial charge in [0.15, 0.2) is 0 Å². The second-order valence-electron chi connectivity index (χ2n) is 4.66. The van der Waals surface area contributed by atoms with Gasteiger partial charge >= 0.3 is 6.18 Å². The van der Waals surface area contributed by atoms with Crippen molar-refractivity contribution >= 4 is 17.4 Å². The fourth-order valence-electron chi connectivity index (χ4n) is 2.30. The zero-order valence-electron chi connectivity index (χ0n) is 10.3. The molecule has 1 aromatic carbocycles. The first-order chi connectivity index (χ1) is 9.43. The van der Waals surface area contributed by atoms with Crippen molar-refractivity contribution in [2.75, 3.05) is 4.90 Å². The van der Waals surface area contributed by atoms with Gasteiger partial charge in [-0.15, -0.1) is 0 Å². The van der Waals surface area contributed by atoms with Crippen molar-refractivity contribution in [1.82, 2.24) is 4.98 Å². The highest BCUT2D eigenvalue weighted by Crippen LogP contribution is 2.34. The molecule has 0 bridgehead atoms. The van der Waals surface area contributed by atoms with Crippen LogP contribution in [0.25, 0.3) is 0 Å². The van der Waals surface area contributed by atoms with E-state index in [0.717, 1.165) is 23.3 Å². The van der Waals surface area contributed by atoms with Gasteiger partial charge in [0.25, 0.3) is 0 Å². The van der Waals surface area contributed by atoms with Crippen LogP contribution >= 0.6 is 11.6 Å². The number of nitrogens with zero attached hydrogens (tertiary/aromatic N) is 2. The van der Waals surface area contributed by atoms with Crippen LogP contribution in [0.15, 0.2) is 36.4 Å². The molecule has 1 aliphatic rings. The second-order valence-corrected chi connectivity index (χ2v) is 5.05. The summed E-state index contributed by atoms with van der Waals surface area (Å²) in [5.74, 6) is 0.251. The number of fused-ring (bicyclic) bond motifs is 1. The molecule has 104 valence electrons. The molecule has 0 radical (unpaired) electrons. The van der Waals surface area contributed by atoms with E-state index in [2.05, 4.69) is 4.98 Å². The molecule has 0 amide bonds. The average Bonchev–Trinajstić information content (AvgIpc) is 2.80. The second kappa shape index (κ2) is 4.66. The van der Waals surface area contributed by atoms with E-state index in [0.29, 0.717) is 13.1 Å². The fourth-order valence-corrected chi connectivity index (χ4v) is 2.51. The minimum absolute atomic E-state index is 0.147. The first kappa shape index (κ1) is 13.2. The third-order valence-corrected chi connectivity index (χ3v) is 3.47. The summed E-state index contributed by atoms with van der Waals surface area (Å²) in [5.41, 5.74) is 1.43. The van der Waals surface area contributed by atoms with Gasteiger partial charge in [0.2, 0.25) is 0 Å². The Kier molecular flexibility index (Phi) is 3.09. The van der Waals surface area contributed by atoms with Gasteiger partial charge in [-0.3, -0.25) is 0 Å². The predicted molar refractivity (Wildman–Crippen MR) is 70.6 cm³/mol. The molecule has 1 aliphatic heterocycles. The summed E-state index contributed by atoms with van der Waals surface area (Å²) in [6, 6.07) is 9.63. The highest BCUT2D eigenvalue weighted by atomic mass is 35.5.